The van der Waals surface area contributed by atoms with Gasteiger partial charge in [0.05, 0.1) is 25.2 Å². The summed E-state index contributed by atoms with van der Waals surface area (Å²) in [6.07, 6.45) is -9.17. The number of hydrogen-bond acceptors (Lipinski definition) is 6. The number of pyridine rings is 1. The van der Waals surface area contributed by atoms with Gasteiger partial charge in [0.1, 0.15) is 0 Å². The maximum atomic E-state index is 14.1. The van der Waals surface area contributed by atoms with Gasteiger partial charge in [0.25, 0.3) is 5.91 Å². The van der Waals surface area contributed by atoms with Crippen molar-refractivity contribution in [2.75, 3.05) is 26.3 Å². The molecule has 0 bridgehead atoms. The Labute approximate surface area is 264 Å². The molecule has 1 aromatic rings. The number of carbonyl (C=O) groups is 1. The van der Waals surface area contributed by atoms with E-state index in [4.69, 9.17) is 23.2 Å². The Hall–Kier alpha value is -2.95. The summed E-state index contributed by atoms with van der Waals surface area (Å²) >= 11 is 0. The Morgan fingerprint density at radius 2 is 0.960 bits per heavy atom. The number of aliphatic hydroxyl groups is 2. The lowest BCUT2D eigenvalue weighted by Crippen LogP contribution is -2.74. The van der Waals surface area contributed by atoms with Gasteiger partial charge in [-0.1, -0.05) is 0 Å². The Bertz CT molecular complexity index is 1390. The second kappa shape index (κ2) is 15.0. The predicted molar refractivity (Wildman–Crippen MR) is 118 cm³/mol. The van der Waals surface area contributed by atoms with Crippen LogP contribution in [0.15, 0.2) is 24.5 Å². The van der Waals surface area contributed by atoms with Gasteiger partial charge in [-0.05, 0) is 0 Å². The summed E-state index contributed by atoms with van der Waals surface area (Å²) in [4.78, 5) is 13.1. The Balaban J connectivity index is 0.00000265. The standard InChI is InChI=1S/C20H18F17N2O3.CHF3O3S/c21-13(22,3-6-38-4-1-11(2-5-38)12(42)39(7-9-40)8-10-41)14(23,24)15(25,26)16(27,28)17(29,30)18(31,32)19(33,34)20(35,36)37;2-1(3,4)8(5,6)7/h1-2,4-5,40-41H,3,6-10H2;(H,5,6,7)/q+1;/p-1. The van der Waals surface area contributed by atoms with Gasteiger partial charge >= 0.3 is 53.1 Å². The van der Waals surface area contributed by atoms with Crippen LogP contribution in [-0.4, -0.2) is 113 Å². The normalized spacial score (nSPS) is 14.6. The van der Waals surface area contributed by atoms with Crippen LogP contribution in [0.3, 0.4) is 0 Å². The topological polar surface area (TPSA) is 122 Å². The zero-order valence-electron chi connectivity index (χ0n) is 23.4. The van der Waals surface area contributed by atoms with Crippen LogP contribution in [0.5, 0.6) is 0 Å². The lowest BCUT2D eigenvalue weighted by atomic mass is 9.88. The van der Waals surface area contributed by atoms with Crippen molar-refractivity contribution in [1.82, 2.24) is 4.90 Å². The fraction of sp³-hybridized carbons (Fsp3) is 0.714. The molecule has 0 saturated carbocycles. The number of carbonyl (C=O) groups excluding carboxylic acids is 1. The van der Waals surface area contributed by atoms with Crippen molar-refractivity contribution in [3.05, 3.63) is 30.1 Å². The number of alkyl halides is 20. The molecule has 0 fully saturated rings. The van der Waals surface area contributed by atoms with Crippen LogP contribution < -0.4 is 4.57 Å². The quantitative estimate of drug-likeness (QED) is 0.120. The van der Waals surface area contributed by atoms with Crippen LogP contribution in [0.2, 0.25) is 0 Å². The van der Waals surface area contributed by atoms with Crippen molar-refractivity contribution in [3.8, 4) is 0 Å². The van der Waals surface area contributed by atoms with E-state index < -0.39 is 95.3 Å². The smallest absolute Gasteiger partial charge is 0.485 e. The third kappa shape index (κ3) is 8.91. The second-order valence-corrected chi connectivity index (χ2v) is 10.7. The van der Waals surface area contributed by atoms with Gasteiger partial charge in [0.2, 0.25) is 0 Å². The molecule has 0 saturated heterocycles. The molecule has 1 heterocycles. The average Bonchev–Trinajstić information content (AvgIpc) is 2.94. The number of halogens is 20. The van der Waals surface area contributed by atoms with Gasteiger partial charge in [-0.3, -0.25) is 4.79 Å². The molecule has 0 aliphatic carbocycles. The summed E-state index contributed by atoms with van der Waals surface area (Å²) in [5.41, 5.74) is -5.93. The summed E-state index contributed by atoms with van der Waals surface area (Å²) in [6.45, 7) is -3.30. The monoisotopic (exact) mass is 806 g/mol. The third-order valence-electron chi connectivity index (χ3n) is 5.92. The lowest BCUT2D eigenvalue weighted by Gasteiger charge is -2.42. The zero-order valence-corrected chi connectivity index (χ0v) is 24.3. The van der Waals surface area contributed by atoms with Crippen LogP contribution in [0.4, 0.5) is 87.8 Å². The average molecular weight is 806 g/mol. The van der Waals surface area contributed by atoms with Crippen LogP contribution in [0.1, 0.15) is 16.8 Å². The summed E-state index contributed by atoms with van der Waals surface area (Å²) < 4.78 is 286. The minimum atomic E-state index is -8.68. The molecule has 0 aromatic carbocycles. The summed E-state index contributed by atoms with van der Waals surface area (Å²) in [5.74, 6) is -57.6. The van der Waals surface area contributed by atoms with Crippen molar-refractivity contribution in [1.29, 1.82) is 0 Å². The molecule has 0 spiro atoms. The number of amides is 1. The third-order valence-corrected chi connectivity index (χ3v) is 6.49. The summed E-state index contributed by atoms with van der Waals surface area (Å²) in [6, 6.07) is 1.60. The van der Waals surface area contributed by atoms with Crippen molar-refractivity contribution in [2.24, 2.45) is 0 Å². The minimum absolute atomic E-state index is 0.282. The van der Waals surface area contributed by atoms with Crippen molar-refractivity contribution in [2.45, 2.75) is 66.1 Å². The van der Waals surface area contributed by atoms with Crippen LogP contribution in [0, 0.1) is 0 Å². The molecule has 0 atom stereocenters. The van der Waals surface area contributed by atoms with Gasteiger partial charge in [-0.15, -0.1) is 0 Å². The minimum Gasteiger partial charge on any atom is -0.741 e. The number of nitrogens with zero attached hydrogens (tertiary/aromatic N) is 2. The maximum Gasteiger partial charge on any atom is 0.485 e. The molecule has 1 rings (SSSR count). The van der Waals surface area contributed by atoms with E-state index in [-0.39, 0.29) is 18.7 Å². The highest BCUT2D eigenvalue weighted by molar-refractivity contribution is 7.86. The molecule has 1 amide bonds. The molecule has 0 aliphatic rings. The van der Waals surface area contributed by atoms with E-state index in [9.17, 15) is 92.6 Å². The van der Waals surface area contributed by atoms with E-state index in [2.05, 4.69) is 0 Å². The van der Waals surface area contributed by atoms with Gasteiger partial charge < -0.3 is 19.7 Å². The first-order valence-corrected chi connectivity index (χ1v) is 13.5. The molecular weight excluding hydrogens is 788 g/mol. The number of aromatic nitrogens is 1. The Morgan fingerprint density at radius 1 is 0.640 bits per heavy atom. The molecule has 1 aromatic heterocycles. The Kier molecular flexibility index (Phi) is 14.1. The number of aliphatic hydroxyl groups excluding tert-OH is 2. The number of aryl methyl sites for hydroxylation is 1. The number of hydrogen-bond donors (Lipinski definition) is 2. The highest BCUT2D eigenvalue weighted by Gasteiger charge is 2.95. The first-order chi connectivity index (χ1) is 21.9. The first-order valence-electron chi connectivity index (χ1n) is 12.1. The lowest BCUT2D eigenvalue weighted by molar-refractivity contribution is -0.700. The fourth-order valence-corrected chi connectivity index (χ4v) is 3.11. The SMILES string of the molecule is O=C(c1cc[n+](CCC(F)(F)C(F)(F)C(F)(F)C(F)(F)C(F)(F)C(F)(F)C(F)(F)C(F)(F)F)cc1)N(CCO)CCO.O=S(=O)([O-])C(F)(F)F. The van der Waals surface area contributed by atoms with Crippen molar-refractivity contribution in [3.63, 3.8) is 0 Å². The number of rotatable bonds is 14. The van der Waals surface area contributed by atoms with E-state index in [0.29, 0.717) is 17.0 Å². The van der Waals surface area contributed by atoms with Crippen LogP contribution >= 0.6 is 0 Å². The molecule has 0 radical (unpaired) electrons. The molecule has 294 valence electrons. The maximum absolute atomic E-state index is 14.1. The van der Waals surface area contributed by atoms with E-state index in [1.165, 1.54) is 0 Å². The van der Waals surface area contributed by atoms with E-state index in [1.54, 1.807) is 0 Å². The molecule has 0 aliphatic heterocycles. The highest BCUT2D eigenvalue weighted by atomic mass is 32.2. The molecule has 29 heteroatoms. The first kappa shape index (κ1) is 47.0. The van der Waals surface area contributed by atoms with Gasteiger partial charge in [-0.25, -0.2) is 13.0 Å². The zero-order chi connectivity index (χ0) is 40.4. The van der Waals surface area contributed by atoms with Gasteiger partial charge in [0, 0.05) is 25.2 Å². The summed E-state index contributed by atoms with van der Waals surface area (Å²) in [7, 11) is -6.09. The summed E-state index contributed by atoms with van der Waals surface area (Å²) in [5, 5.41) is 17.8. The molecule has 8 nitrogen and oxygen atoms in total. The van der Waals surface area contributed by atoms with Crippen LogP contribution in [-0.2, 0) is 16.7 Å². The van der Waals surface area contributed by atoms with Crippen LogP contribution in [0.25, 0.3) is 0 Å². The van der Waals surface area contributed by atoms with E-state index in [1.807, 2.05) is 0 Å². The Morgan fingerprint density at radius 3 is 1.26 bits per heavy atom. The molecular formula is C21H18F20N2O6S. The second-order valence-electron chi connectivity index (χ2n) is 9.36. The molecule has 2 N–H and O–H groups in total. The molecule has 50 heavy (non-hydrogen) atoms. The van der Waals surface area contributed by atoms with Gasteiger partial charge in [0.15, 0.2) is 29.1 Å². The van der Waals surface area contributed by atoms with Crippen molar-refractivity contribution >= 4 is 16.0 Å². The predicted octanol–water partition coefficient (Wildman–Crippen LogP) is 4.85. The van der Waals surface area contributed by atoms with E-state index in [0.717, 1.165) is 17.0 Å². The molecule has 0 unspecified atom stereocenters. The van der Waals surface area contributed by atoms with Crippen molar-refractivity contribution < 1.29 is 120 Å². The van der Waals surface area contributed by atoms with Gasteiger partial charge in [-0.2, -0.15) is 87.8 Å². The largest absolute Gasteiger partial charge is 0.741 e. The highest BCUT2D eigenvalue weighted by Crippen LogP contribution is 2.64. The van der Waals surface area contributed by atoms with E-state index >= 15 is 0 Å². The fourth-order valence-electron chi connectivity index (χ4n) is 3.11.